The van der Waals surface area contributed by atoms with Crippen molar-refractivity contribution in [2.45, 2.75) is 6.42 Å². The van der Waals surface area contributed by atoms with E-state index in [1.54, 1.807) is 6.08 Å². The quantitative estimate of drug-likeness (QED) is 0.439. The van der Waals surface area contributed by atoms with Gasteiger partial charge in [-0.15, -0.1) is 0 Å². The zero-order chi connectivity index (χ0) is 4.99. The molecule has 0 spiro atoms. The molecule has 0 fully saturated rings. The van der Waals surface area contributed by atoms with Crippen LogP contribution in [0, 0.1) is 0 Å². The molecule has 0 N–H and O–H groups in total. The van der Waals surface area contributed by atoms with Crippen LogP contribution in [0.4, 0.5) is 0 Å². The molecular formula is C4H5ORu. The van der Waals surface area contributed by atoms with Crippen molar-refractivity contribution in [3.8, 4) is 0 Å². The molecule has 0 atom stereocenters. The second-order valence-corrected chi connectivity index (χ2v) is 1.80. The van der Waals surface area contributed by atoms with Gasteiger partial charge in [0.25, 0.3) is 0 Å². The van der Waals surface area contributed by atoms with Crippen molar-refractivity contribution in [3.63, 3.8) is 0 Å². The first-order chi connectivity index (χ1) is 2.77. The Morgan fingerprint density at radius 3 is 2.50 bits per heavy atom. The van der Waals surface area contributed by atoms with E-state index in [4.69, 9.17) is 0 Å². The third-order valence-corrected chi connectivity index (χ3v) is 0.655. The molecule has 0 amide bonds. The molecule has 2 heteroatoms. The van der Waals surface area contributed by atoms with Crippen LogP contribution in [0.5, 0.6) is 0 Å². The average molecular weight is 170 g/mol. The minimum absolute atomic E-state index is 0.101. The number of hydrogen-bond acceptors (Lipinski definition) is 1. The third-order valence-electron chi connectivity index (χ3n) is 0.300. The Labute approximate surface area is 47.1 Å². The summed E-state index contributed by atoms with van der Waals surface area (Å²) in [6.45, 7) is 3.37. The molecule has 0 rings (SSSR count). The molecule has 0 aromatic rings. The van der Waals surface area contributed by atoms with Gasteiger partial charge in [-0.1, -0.05) is 0 Å². The molecule has 0 radical (unpaired) electrons. The van der Waals surface area contributed by atoms with Crippen LogP contribution in [0.2, 0.25) is 0 Å². The number of carbonyl (C=O) groups excluding carboxylic acids is 1. The molecule has 1 nitrogen and oxygen atoms in total. The third kappa shape index (κ3) is 4.03. The first-order valence-corrected chi connectivity index (χ1v) is 2.42. The van der Waals surface area contributed by atoms with Gasteiger partial charge >= 0.3 is 46.6 Å². The van der Waals surface area contributed by atoms with Crippen molar-refractivity contribution in [2.24, 2.45) is 0 Å². The van der Waals surface area contributed by atoms with Gasteiger partial charge in [0.2, 0.25) is 0 Å². The van der Waals surface area contributed by atoms with Crippen LogP contribution in [-0.2, 0) is 23.1 Å². The Balaban J connectivity index is 3.05. The van der Waals surface area contributed by atoms with Crippen molar-refractivity contribution < 1.29 is 23.1 Å². The van der Waals surface area contributed by atoms with E-state index in [2.05, 4.69) is 6.58 Å². The van der Waals surface area contributed by atoms with Gasteiger partial charge in [0, 0.05) is 0 Å². The summed E-state index contributed by atoms with van der Waals surface area (Å²) in [5.74, 6) is 0. The molecule has 0 aliphatic heterocycles. The maximum absolute atomic E-state index is 9.94. The van der Waals surface area contributed by atoms with E-state index in [0.29, 0.717) is 6.42 Å². The normalized spacial score (nSPS) is 7.50. The molecule has 35 valence electrons. The molecule has 0 aromatic heterocycles. The predicted molar refractivity (Wildman–Crippen MR) is 19.8 cm³/mol. The van der Waals surface area contributed by atoms with Gasteiger partial charge in [-0.25, -0.2) is 0 Å². The van der Waals surface area contributed by atoms with Crippen LogP contribution < -0.4 is 0 Å². The summed E-state index contributed by atoms with van der Waals surface area (Å²) in [4.78, 5) is 9.94. The summed E-state index contributed by atoms with van der Waals surface area (Å²) in [7, 11) is 0. The topological polar surface area (TPSA) is 17.1 Å². The van der Waals surface area contributed by atoms with Gasteiger partial charge in [-0.3, -0.25) is 0 Å². The predicted octanol–water partition coefficient (Wildman–Crippen LogP) is 0.636. The molecule has 0 aliphatic rings. The van der Waals surface area contributed by atoms with Crippen molar-refractivity contribution in [2.75, 3.05) is 0 Å². The zero-order valence-corrected chi connectivity index (χ0v) is 4.99. The van der Waals surface area contributed by atoms with E-state index < -0.39 is 0 Å². The summed E-state index contributed by atoms with van der Waals surface area (Å²) >= 11 is 1.98. The zero-order valence-electron chi connectivity index (χ0n) is 3.25. The van der Waals surface area contributed by atoms with E-state index in [9.17, 15) is 4.79 Å². The summed E-state index contributed by atoms with van der Waals surface area (Å²) in [5, 5.41) is 0. The molecule has 6 heavy (non-hydrogen) atoms. The number of rotatable bonds is 2. The Bertz CT molecular complexity index is 67.9. The minimum atomic E-state index is 0.101. The fourth-order valence-electron chi connectivity index (χ4n) is 0.110. The fraction of sp³-hybridized carbons (Fsp3) is 0.250. The first kappa shape index (κ1) is 6.03. The summed E-state index contributed by atoms with van der Waals surface area (Å²) in [6.07, 6.45) is 2.05. The summed E-state index contributed by atoms with van der Waals surface area (Å²) < 4.78 is 0.101. The Kier molecular flexibility index (Phi) is 3.25. The van der Waals surface area contributed by atoms with E-state index in [0.717, 1.165) is 0 Å². The summed E-state index contributed by atoms with van der Waals surface area (Å²) in [6, 6.07) is 0. The molecule has 0 unspecified atom stereocenters. The second-order valence-electron chi connectivity index (χ2n) is 0.834. The van der Waals surface area contributed by atoms with Gasteiger partial charge < -0.3 is 0 Å². The number of allylic oxidation sites excluding steroid dienone is 1. The standard InChI is InChI=1S/C4H5O.Ru/c1-2-3-4-5;/h2H,1,3H2;. The van der Waals surface area contributed by atoms with Crippen molar-refractivity contribution in [1.29, 1.82) is 0 Å². The monoisotopic (exact) mass is 171 g/mol. The van der Waals surface area contributed by atoms with E-state index in [1.165, 1.54) is 0 Å². The van der Waals surface area contributed by atoms with Crippen LogP contribution >= 0.6 is 0 Å². The van der Waals surface area contributed by atoms with Crippen LogP contribution in [0.25, 0.3) is 0 Å². The van der Waals surface area contributed by atoms with Gasteiger partial charge in [0.1, 0.15) is 0 Å². The Morgan fingerprint density at radius 2 is 2.50 bits per heavy atom. The van der Waals surface area contributed by atoms with Crippen molar-refractivity contribution in [3.05, 3.63) is 12.7 Å². The van der Waals surface area contributed by atoms with E-state index >= 15 is 0 Å². The first-order valence-electron chi connectivity index (χ1n) is 1.55. The van der Waals surface area contributed by atoms with Crippen LogP contribution in [-0.4, -0.2) is 4.38 Å². The molecule has 0 saturated heterocycles. The molecule has 0 aromatic carbocycles. The number of carbonyl (C=O) groups is 1. The molecule has 0 aliphatic carbocycles. The fourth-order valence-corrected chi connectivity index (χ4v) is 0.361. The Hall–Kier alpha value is 0.0334. The molecule has 0 bridgehead atoms. The van der Waals surface area contributed by atoms with Crippen LogP contribution in [0.1, 0.15) is 6.42 Å². The van der Waals surface area contributed by atoms with Crippen LogP contribution in [0.3, 0.4) is 0 Å². The Morgan fingerprint density at radius 1 is 2.00 bits per heavy atom. The second kappa shape index (κ2) is 3.23. The molecule has 0 heterocycles. The maximum atomic E-state index is 9.94. The van der Waals surface area contributed by atoms with E-state index in [-0.39, 0.29) is 4.38 Å². The molecule has 0 saturated carbocycles. The average Bonchev–Trinajstić information content (AvgIpc) is 1.35. The van der Waals surface area contributed by atoms with E-state index in [1.807, 2.05) is 18.3 Å². The van der Waals surface area contributed by atoms with Gasteiger partial charge in [-0.2, -0.15) is 0 Å². The molecular weight excluding hydrogens is 165 g/mol. The van der Waals surface area contributed by atoms with Gasteiger partial charge in [0.15, 0.2) is 0 Å². The van der Waals surface area contributed by atoms with Crippen molar-refractivity contribution in [1.82, 2.24) is 0 Å². The van der Waals surface area contributed by atoms with Gasteiger partial charge in [-0.05, 0) is 0 Å². The summed E-state index contributed by atoms with van der Waals surface area (Å²) in [5.41, 5.74) is 0. The number of hydrogen-bond donors (Lipinski definition) is 0. The van der Waals surface area contributed by atoms with Gasteiger partial charge in [0.05, 0.1) is 0 Å². The van der Waals surface area contributed by atoms with Crippen molar-refractivity contribution >= 4 is 4.38 Å². The SMILES string of the molecule is C=CC[C](=O)[Ru]. The van der Waals surface area contributed by atoms with Crippen LogP contribution in [0.15, 0.2) is 12.7 Å².